The average molecular weight is 312 g/mol. The molecule has 0 unspecified atom stereocenters. The molecule has 1 rings (SSSR count). The van der Waals surface area contributed by atoms with Gasteiger partial charge in [-0.15, -0.1) is 0 Å². The molecule has 0 aromatic heterocycles. The van der Waals surface area contributed by atoms with E-state index in [0.29, 0.717) is 5.75 Å². The highest BCUT2D eigenvalue weighted by atomic mass is 18.2. The molecule has 0 aliphatic carbocycles. The molecule has 0 heterocycles. The van der Waals surface area contributed by atoms with Crippen molar-refractivity contribution in [3.8, 4) is 5.75 Å². The maximum absolute atomic E-state index is 12.0. The van der Waals surface area contributed by atoms with Gasteiger partial charge in [0.1, 0.15) is 25.1 Å². The first kappa shape index (κ1) is 17.9. The number of carboxylic acid groups (broad SMARTS) is 2. The van der Waals surface area contributed by atoms with Crippen molar-refractivity contribution in [3.05, 3.63) is 29.8 Å². The van der Waals surface area contributed by atoms with Crippen molar-refractivity contribution in [2.24, 2.45) is 11.7 Å². The zero-order valence-corrected chi connectivity index (χ0v) is 12.1. The first-order valence-electron chi connectivity index (χ1n) is 6.93. The molecule has 0 fully saturated rings. The van der Waals surface area contributed by atoms with Crippen LogP contribution < -0.4 is 10.5 Å². The summed E-state index contributed by atoms with van der Waals surface area (Å²) in [6.45, 7) is -0.600. The van der Waals surface area contributed by atoms with Crippen molar-refractivity contribution in [1.82, 2.24) is 0 Å². The summed E-state index contributed by atoms with van der Waals surface area (Å²) < 4.78 is 17.1. The number of aliphatic carboxylic acids is 2. The summed E-state index contributed by atoms with van der Waals surface area (Å²) in [7, 11) is 0. The summed E-state index contributed by atoms with van der Waals surface area (Å²) in [5.41, 5.74) is 6.17. The number of ether oxygens (including phenoxy) is 1. The molecule has 4 N–H and O–H groups in total. The van der Waals surface area contributed by atoms with Crippen LogP contribution in [-0.2, 0) is 16.0 Å². The van der Waals surface area contributed by atoms with Crippen LogP contribution in [0, 0.1) is 5.92 Å². The summed E-state index contributed by atoms with van der Waals surface area (Å²) in [4.78, 5) is 21.9. The van der Waals surface area contributed by atoms with Gasteiger partial charge in [-0.05, 0) is 37.0 Å². The van der Waals surface area contributed by atoms with Crippen molar-refractivity contribution in [2.45, 2.75) is 25.3 Å². The molecule has 2 atom stereocenters. The van der Waals surface area contributed by atoms with Gasteiger partial charge >= 0.3 is 11.9 Å². The number of hydrogen-bond donors (Lipinski definition) is 3. The fraction of sp³-hybridized carbons (Fsp3) is 0.467. The number of rotatable bonds is 10. The normalized spacial score (nSPS) is 13.4. The monoisotopic (exact) mass is 312 g/mol. The summed E-state index contributed by atoms with van der Waals surface area (Å²) in [5.74, 6) is -2.32. The molecule has 1 aromatic carbocycles. The largest absolute Gasteiger partial charge is 0.491 e. The number of halogens is 1. The molecule has 0 radical (unpaired) electrons. The zero-order valence-electron chi connectivity index (χ0n) is 12.1. The van der Waals surface area contributed by atoms with Gasteiger partial charge in [-0.2, -0.15) is 0 Å². The fourth-order valence-corrected chi connectivity index (χ4v) is 1.98. The Morgan fingerprint density at radius 1 is 1.14 bits per heavy atom. The van der Waals surface area contributed by atoms with Crippen LogP contribution in [0.5, 0.6) is 5.75 Å². The van der Waals surface area contributed by atoms with Crippen LogP contribution in [0.2, 0.25) is 0 Å². The van der Waals surface area contributed by atoms with Crippen LogP contribution in [0.4, 0.5) is 4.39 Å². The first-order chi connectivity index (χ1) is 10.4. The molecule has 7 heteroatoms. The zero-order chi connectivity index (χ0) is 16.5. The topological polar surface area (TPSA) is 110 Å². The Labute approximate surface area is 127 Å². The number of benzene rings is 1. The van der Waals surface area contributed by atoms with E-state index in [1.165, 1.54) is 0 Å². The van der Waals surface area contributed by atoms with Gasteiger partial charge in [0.05, 0.1) is 5.92 Å². The maximum atomic E-state index is 12.0. The molecule has 22 heavy (non-hydrogen) atoms. The van der Waals surface area contributed by atoms with Gasteiger partial charge in [0, 0.05) is 0 Å². The Balaban J connectivity index is 2.59. The summed E-state index contributed by atoms with van der Waals surface area (Å²) in [5, 5.41) is 17.9. The van der Waals surface area contributed by atoms with E-state index in [-0.39, 0.29) is 25.9 Å². The van der Waals surface area contributed by atoms with E-state index in [9.17, 15) is 19.1 Å². The van der Waals surface area contributed by atoms with Gasteiger partial charge in [0.25, 0.3) is 0 Å². The minimum absolute atomic E-state index is 0.0236. The van der Waals surface area contributed by atoms with E-state index in [2.05, 4.69) is 0 Å². The Kier molecular flexibility index (Phi) is 7.31. The van der Waals surface area contributed by atoms with Crippen LogP contribution in [-0.4, -0.2) is 41.5 Å². The van der Waals surface area contributed by atoms with Gasteiger partial charge in [-0.25, -0.2) is 4.39 Å². The van der Waals surface area contributed by atoms with Crippen LogP contribution in [0.25, 0.3) is 0 Å². The quantitative estimate of drug-likeness (QED) is 0.603. The summed E-state index contributed by atoms with van der Waals surface area (Å²) in [6.07, 6.45) is 0.554. The Bertz CT molecular complexity index is 491. The number of carboxylic acids is 2. The predicted octanol–water partition coefficient (Wildman–Crippen LogP) is 1.47. The van der Waals surface area contributed by atoms with Gasteiger partial charge < -0.3 is 20.7 Å². The molecule has 0 aliphatic rings. The van der Waals surface area contributed by atoms with Crippen LogP contribution >= 0.6 is 0 Å². The first-order valence-corrected chi connectivity index (χ1v) is 6.93. The van der Waals surface area contributed by atoms with Crippen LogP contribution in [0.3, 0.4) is 0 Å². The van der Waals surface area contributed by atoms with Crippen LogP contribution in [0.1, 0.15) is 18.4 Å². The smallest absolute Gasteiger partial charge is 0.320 e. The Morgan fingerprint density at radius 3 is 2.27 bits per heavy atom. The highest BCUT2D eigenvalue weighted by molar-refractivity contribution is 5.73. The lowest BCUT2D eigenvalue weighted by molar-refractivity contribution is -0.143. The van der Waals surface area contributed by atoms with E-state index < -0.39 is 30.6 Å². The molecular formula is C15H20FNO5. The van der Waals surface area contributed by atoms with Crippen molar-refractivity contribution in [3.63, 3.8) is 0 Å². The van der Waals surface area contributed by atoms with Crippen molar-refractivity contribution < 1.29 is 28.9 Å². The van der Waals surface area contributed by atoms with Crippen molar-refractivity contribution in [2.75, 3.05) is 13.3 Å². The van der Waals surface area contributed by atoms with E-state index in [0.717, 1.165) is 5.56 Å². The minimum Gasteiger partial charge on any atom is -0.491 e. The minimum atomic E-state index is -1.14. The molecule has 0 spiro atoms. The Hall–Kier alpha value is -2.15. The lowest BCUT2D eigenvalue weighted by Crippen LogP contribution is -2.31. The van der Waals surface area contributed by atoms with Gasteiger partial charge in [-0.1, -0.05) is 12.1 Å². The molecular weight excluding hydrogens is 292 g/mol. The lowest BCUT2D eigenvalue weighted by atomic mass is 9.93. The second kappa shape index (κ2) is 8.99. The Morgan fingerprint density at radius 2 is 1.77 bits per heavy atom. The van der Waals surface area contributed by atoms with Gasteiger partial charge in [0.15, 0.2) is 0 Å². The van der Waals surface area contributed by atoms with Crippen molar-refractivity contribution >= 4 is 11.9 Å². The van der Waals surface area contributed by atoms with Crippen LogP contribution in [0.15, 0.2) is 24.3 Å². The number of hydrogen-bond acceptors (Lipinski definition) is 4. The SMILES string of the molecule is N[C@@H](CC[C@@H](Cc1ccc(OCC[18F])cc1)C(=O)O)C(=O)O. The van der Waals surface area contributed by atoms with Gasteiger partial charge in [-0.3, -0.25) is 9.59 Å². The molecule has 0 aliphatic heterocycles. The number of carbonyl (C=O) groups is 2. The molecule has 6 nitrogen and oxygen atoms in total. The average Bonchev–Trinajstić information content (AvgIpc) is 2.49. The fourth-order valence-electron chi connectivity index (χ4n) is 1.98. The molecule has 0 bridgehead atoms. The third kappa shape index (κ3) is 6.09. The molecule has 0 saturated carbocycles. The third-order valence-electron chi connectivity index (χ3n) is 3.24. The second-order valence-corrected chi connectivity index (χ2v) is 4.94. The van der Waals surface area contributed by atoms with E-state index >= 15 is 0 Å². The number of alkyl halides is 1. The van der Waals surface area contributed by atoms with Crippen molar-refractivity contribution in [1.29, 1.82) is 0 Å². The highest BCUT2D eigenvalue weighted by Gasteiger charge is 2.21. The third-order valence-corrected chi connectivity index (χ3v) is 3.24. The van der Waals surface area contributed by atoms with Gasteiger partial charge in [0.2, 0.25) is 0 Å². The summed E-state index contributed by atoms with van der Waals surface area (Å²) in [6, 6.07) is 5.65. The van der Waals surface area contributed by atoms with E-state index in [1.54, 1.807) is 24.3 Å². The van der Waals surface area contributed by atoms with E-state index in [4.69, 9.17) is 15.6 Å². The number of nitrogens with two attached hydrogens (primary N) is 1. The standard InChI is InChI=1S/C15H20FNO5/c16-7-8-22-12-4-1-10(2-5-12)9-11(14(18)19)3-6-13(17)15(20)21/h1-2,4-5,11,13H,3,6-9,17H2,(H,18,19)(H,20,21)/t11-,13-/m0/s1/i16-1. The predicted molar refractivity (Wildman–Crippen MR) is 77.6 cm³/mol. The second-order valence-electron chi connectivity index (χ2n) is 4.94. The molecule has 1 aromatic rings. The highest BCUT2D eigenvalue weighted by Crippen LogP contribution is 2.18. The molecule has 122 valence electrons. The van der Waals surface area contributed by atoms with E-state index in [1.807, 2.05) is 0 Å². The lowest BCUT2D eigenvalue weighted by Gasteiger charge is -2.14. The summed E-state index contributed by atoms with van der Waals surface area (Å²) >= 11 is 0. The maximum Gasteiger partial charge on any atom is 0.320 e. The molecule has 0 amide bonds. The molecule has 0 saturated heterocycles.